The summed E-state index contributed by atoms with van der Waals surface area (Å²) < 4.78 is 73.7. The number of esters is 4. The Bertz CT molecular complexity index is 2540. The standard InChI is InChI=1S/C94H177O25P/c1-8-12-16-20-24-25-26-27-28-29-30-45-56-66-80(99)116-89-85(104)86(105)90(117-93-87(106)83(102)81(100)75(67-95)114-93)92(91(89)118-94-88(107)84(103)82(101)76(115-94)70-111-78(97)64-54-44-35-32-41-51-61-72(6)58-48-38-22-18-14-10-3)119-120(108,109)112-69-74(113-79(98)65-55-46-36-33-42-52-62-73(7)59-49-39-23-19-15-11-4)68-110-77(96)63-53-43-34-31-40-50-60-71(5)57-47-37-21-17-13-9-2/h71-76,81-95,100-107H,8-70H2,1-7H3,(H,108,109). The van der Waals surface area contributed by atoms with Crippen molar-refractivity contribution in [3.05, 3.63) is 0 Å². The Morgan fingerprint density at radius 3 is 0.992 bits per heavy atom. The van der Waals surface area contributed by atoms with Crippen molar-refractivity contribution < 1.29 is 122 Å². The van der Waals surface area contributed by atoms with Crippen LogP contribution < -0.4 is 0 Å². The summed E-state index contributed by atoms with van der Waals surface area (Å²) in [4.78, 5) is 66.7. The number of phosphoric acid groups is 1. The van der Waals surface area contributed by atoms with Crippen molar-refractivity contribution in [2.45, 2.75) is 531 Å². The van der Waals surface area contributed by atoms with E-state index in [1.165, 1.54) is 193 Å². The molecule has 0 aromatic carbocycles. The Morgan fingerprint density at radius 2 is 0.625 bits per heavy atom. The second kappa shape index (κ2) is 70.4. The fraction of sp³-hybridized carbons (Fsp3) is 0.957. The molecule has 10 N–H and O–H groups in total. The SMILES string of the molecule is CCCCCCCCCCCCCCCC(=O)OC1C(O)C(O)C(OC2OC(CO)C(O)C(O)C2O)C(OP(=O)(O)OCC(COC(=O)CCCCCCCCC(C)CCCCCCCC)OC(=O)CCCCCCCCC(C)CCCCCCCC)C1OC1OC(COC(=O)CCCCCCCCC(C)CCCCCCCC)C(O)C(O)C1O. The molecule has 0 amide bonds. The highest BCUT2D eigenvalue weighted by Gasteiger charge is 2.60. The minimum Gasteiger partial charge on any atom is -0.463 e. The monoisotopic (exact) mass is 1740 g/mol. The lowest BCUT2D eigenvalue weighted by Crippen LogP contribution is -2.70. The molecular weight excluding hydrogens is 1560 g/mol. The third-order valence-corrected chi connectivity index (χ3v) is 25.8. The van der Waals surface area contributed by atoms with Gasteiger partial charge in [0.2, 0.25) is 0 Å². The van der Waals surface area contributed by atoms with E-state index in [-0.39, 0.29) is 25.7 Å². The summed E-state index contributed by atoms with van der Waals surface area (Å²) >= 11 is 0. The van der Waals surface area contributed by atoms with Crippen molar-refractivity contribution in [3.8, 4) is 0 Å². The lowest BCUT2D eigenvalue weighted by molar-refractivity contribution is -0.360. The number of aliphatic hydroxyl groups excluding tert-OH is 9. The molecule has 1 aliphatic carbocycles. The Morgan fingerprint density at radius 1 is 0.325 bits per heavy atom. The average Bonchev–Trinajstić information content (AvgIpc) is 0.753. The normalized spacial score (nSPS) is 25.5. The molecular formula is C94H177O25P. The summed E-state index contributed by atoms with van der Waals surface area (Å²) in [6, 6.07) is 0. The second-order valence-electron chi connectivity index (χ2n) is 36.1. The Labute approximate surface area is 725 Å². The van der Waals surface area contributed by atoms with Crippen LogP contribution in [0, 0.1) is 17.8 Å². The van der Waals surface area contributed by atoms with Crippen molar-refractivity contribution in [1.82, 2.24) is 0 Å². The van der Waals surface area contributed by atoms with Crippen LogP contribution in [0.4, 0.5) is 0 Å². The number of carbonyl (C=O) groups excluding carboxylic acids is 4. The molecule has 0 aromatic rings. The lowest BCUT2D eigenvalue weighted by atomic mass is 9.84. The first-order valence-corrected chi connectivity index (χ1v) is 50.4. The molecule has 2 heterocycles. The van der Waals surface area contributed by atoms with Crippen LogP contribution in [0.15, 0.2) is 0 Å². The molecule has 0 bridgehead atoms. The van der Waals surface area contributed by atoms with Crippen LogP contribution in [-0.4, -0.2) is 205 Å². The summed E-state index contributed by atoms with van der Waals surface area (Å²) in [5, 5.41) is 103. The smallest absolute Gasteiger partial charge is 0.463 e. The van der Waals surface area contributed by atoms with E-state index in [1.807, 2.05) is 0 Å². The van der Waals surface area contributed by atoms with Gasteiger partial charge in [-0.2, -0.15) is 0 Å². The van der Waals surface area contributed by atoms with Gasteiger partial charge in [-0.1, -0.05) is 376 Å². The van der Waals surface area contributed by atoms with Crippen LogP contribution in [-0.2, 0) is 70.7 Å². The van der Waals surface area contributed by atoms with Crippen LogP contribution in [0.25, 0.3) is 0 Å². The highest BCUT2D eigenvalue weighted by Crippen LogP contribution is 2.49. The molecule has 21 atom stereocenters. The van der Waals surface area contributed by atoms with E-state index in [9.17, 15) is 74.6 Å². The van der Waals surface area contributed by atoms with Crippen molar-refractivity contribution in [1.29, 1.82) is 0 Å². The van der Waals surface area contributed by atoms with Gasteiger partial charge in [-0.25, -0.2) is 4.57 Å². The summed E-state index contributed by atoms with van der Waals surface area (Å²) in [5.41, 5.74) is 0. The molecule has 3 fully saturated rings. The molecule has 0 spiro atoms. The number of hydrogen-bond acceptors (Lipinski definition) is 24. The van der Waals surface area contributed by atoms with Gasteiger partial charge in [-0.15, -0.1) is 0 Å². The van der Waals surface area contributed by atoms with Crippen LogP contribution in [0.1, 0.15) is 427 Å². The van der Waals surface area contributed by atoms with E-state index in [2.05, 4.69) is 48.5 Å². The van der Waals surface area contributed by atoms with Gasteiger partial charge in [-0.3, -0.25) is 28.2 Å². The van der Waals surface area contributed by atoms with Gasteiger partial charge in [0.1, 0.15) is 92.6 Å². The maximum absolute atomic E-state index is 14.9. The highest BCUT2D eigenvalue weighted by molar-refractivity contribution is 7.47. The number of unbranched alkanes of at least 4 members (excludes halogenated alkanes) is 42. The third-order valence-electron chi connectivity index (χ3n) is 24.8. The predicted octanol–water partition coefficient (Wildman–Crippen LogP) is 18.5. The zero-order valence-electron chi connectivity index (χ0n) is 76.1. The van der Waals surface area contributed by atoms with E-state index in [0.29, 0.717) is 49.9 Å². The minimum absolute atomic E-state index is 0.0165. The number of aliphatic hydroxyl groups is 9. The van der Waals surface area contributed by atoms with Crippen molar-refractivity contribution in [2.24, 2.45) is 17.8 Å². The summed E-state index contributed by atoms with van der Waals surface area (Å²) in [5.74, 6) is -0.905. The quantitative estimate of drug-likeness (QED) is 0.0117. The van der Waals surface area contributed by atoms with Crippen LogP contribution in [0.2, 0.25) is 0 Å². The molecule has 0 radical (unpaired) electrons. The zero-order valence-corrected chi connectivity index (χ0v) is 77.0. The molecule has 25 nitrogen and oxygen atoms in total. The number of hydrogen-bond donors (Lipinski definition) is 10. The maximum Gasteiger partial charge on any atom is 0.472 e. The Balaban J connectivity index is 1.92. The molecule has 3 rings (SSSR count). The molecule has 1 saturated carbocycles. The van der Waals surface area contributed by atoms with Crippen molar-refractivity contribution in [3.63, 3.8) is 0 Å². The largest absolute Gasteiger partial charge is 0.472 e. The van der Waals surface area contributed by atoms with Gasteiger partial charge in [0, 0.05) is 25.7 Å². The zero-order chi connectivity index (χ0) is 88.0. The van der Waals surface area contributed by atoms with E-state index in [4.69, 9.17) is 46.9 Å². The predicted molar refractivity (Wildman–Crippen MR) is 467 cm³/mol. The molecule has 21 unspecified atom stereocenters. The molecule has 3 aliphatic rings. The van der Waals surface area contributed by atoms with Crippen LogP contribution >= 0.6 is 7.82 Å². The second-order valence-corrected chi connectivity index (χ2v) is 37.5. The molecule has 2 saturated heterocycles. The first kappa shape index (κ1) is 112. The molecule has 0 aromatic heterocycles. The molecule has 26 heteroatoms. The fourth-order valence-electron chi connectivity index (χ4n) is 16.8. The van der Waals surface area contributed by atoms with Crippen LogP contribution in [0.3, 0.4) is 0 Å². The first-order chi connectivity index (χ1) is 57.9. The van der Waals surface area contributed by atoms with E-state index in [0.717, 1.165) is 128 Å². The van der Waals surface area contributed by atoms with E-state index >= 15 is 0 Å². The topological polar surface area (TPSA) is 380 Å². The highest BCUT2D eigenvalue weighted by atomic mass is 31.2. The number of carbonyl (C=O) groups is 4. The summed E-state index contributed by atoms with van der Waals surface area (Å²) in [6.07, 6.45) is 23.8. The number of phosphoric ester groups is 1. The van der Waals surface area contributed by atoms with Gasteiger partial charge >= 0.3 is 31.7 Å². The van der Waals surface area contributed by atoms with Crippen molar-refractivity contribution in [2.75, 3.05) is 26.4 Å². The first-order valence-electron chi connectivity index (χ1n) is 48.9. The summed E-state index contributed by atoms with van der Waals surface area (Å²) in [7, 11) is -5.81. The van der Waals surface area contributed by atoms with Gasteiger partial charge in [0.05, 0.1) is 13.2 Å². The Kier molecular flexibility index (Phi) is 65.5. The van der Waals surface area contributed by atoms with Crippen molar-refractivity contribution >= 4 is 31.7 Å². The minimum atomic E-state index is -5.81. The lowest BCUT2D eigenvalue weighted by Gasteiger charge is -2.50. The molecule has 120 heavy (non-hydrogen) atoms. The van der Waals surface area contributed by atoms with Crippen LogP contribution in [0.5, 0.6) is 0 Å². The molecule has 2 aliphatic heterocycles. The van der Waals surface area contributed by atoms with Gasteiger partial charge in [0.15, 0.2) is 24.8 Å². The maximum atomic E-state index is 14.9. The molecule has 708 valence electrons. The van der Waals surface area contributed by atoms with E-state index < -0.39 is 162 Å². The van der Waals surface area contributed by atoms with Gasteiger partial charge < -0.3 is 88.7 Å². The number of ether oxygens (including phenoxy) is 8. The average molecular weight is 1740 g/mol. The fourth-order valence-corrected chi connectivity index (χ4v) is 17.7. The van der Waals surface area contributed by atoms with Gasteiger partial charge in [-0.05, 0) is 43.4 Å². The Hall–Kier alpha value is -2.53. The number of rotatable bonds is 78. The van der Waals surface area contributed by atoms with E-state index in [1.54, 1.807) is 0 Å². The third kappa shape index (κ3) is 50.9. The summed E-state index contributed by atoms with van der Waals surface area (Å²) in [6.45, 7) is 12.6. The van der Waals surface area contributed by atoms with Gasteiger partial charge in [0.25, 0.3) is 0 Å².